The van der Waals surface area contributed by atoms with Gasteiger partial charge in [-0.1, -0.05) is 6.42 Å². The van der Waals surface area contributed by atoms with Gasteiger partial charge in [0.15, 0.2) is 0 Å². The van der Waals surface area contributed by atoms with Crippen LogP contribution in [0.4, 0.5) is 0 Å². The van der Waals surface area contributed by atoms with Gasteiger partial charge in [0.1, 0.15) is 11.8 Å². The first-order valence-electron chi connectivity index (χ1n) is 5.21. The van der Waals surface area contributed by atoms with Gasteiger partial charge < -0.3 is 9.84 Å². The third-order valence-electron chi connectivity index (χ3n) is 2.62. The van der Waals surface area contributed by atoms with Gasteiger partial charge in [0.05, 0.1) is 0 Å². The van der Waals surface area contributed by atoms with Crippen molar-refractivity contribution < 1.29 is 14.6 Å². The Balaban J connectivity index is 1.94. The molecule has 1 saturated carbocycles. The Hall–Kier alpha value is -1.52. The lowest BCUT2D eigenvalue weighted by Crippen LogP contribution is -2.19. The van der Waals surface area contributed by atoms with Crippen molar-refractivity contribution in [2.45, 2.75) is 38.2 Å². The fourth-order valence-electron chi connectivity index (χ4n) is 1.83. The van der Waals surface area contributed by atoms with Crippen LogP contribution in [0.15, 0.2) is 6.07 Å². The standard InChI is InChI=1S/C10H14N2O3/c13-10(14)8-6-9(12-11-8)15-7-4-2-1-3-5-7/h6-7H,1-5H2,(H,11,12)(H,13,14). The van der Waals surface area contributed by atoms with Crippen molar-refractivity contribution in [1.82, 2.24) is 10.2 Å². The van der Waals surface area contributed by atoms with Gasteiger partial charge in [-0.05, 0) is 25.7 Å². The number of H-pyrrole nitrogens is 1. The molecule has 2 rings (SSSR count). The normalized spacial score (nSPS) is 17.6. The van der Waals surface area contributed by atoms with E-state index < -0.39 is 5.97 Å². The first-order chi connectivity index (χ1) is 7.25. The number of carboxylic acids is 1. The molecule has 0 amide bonds. The van der Waals surface area contributed by atoms with Crippen LogP contribution in [0.3, 0.4) is 0 Å². The summed E-state index contributed by atoms with van der Waals surface area (Å²) in [6.45, 7) is 0. The largest absolute Gasteiger partial charge is 0.477 e. The van der Waals surface area contributed by atoms with Crippen molar-refractivity contribution in [2.24, 2.45) is 0 Å². The number of aromatic carboxylic acids is 1. The number of nitrogens with zero attached hydrogens (tertiary/aromatic N) is 1. The van der Waals surface area contributed by atoms with E-state index in [2.05, 4.69) is 10.2 Å². The van der Waals surface area contributed by atoms with Crippen LogP contribution in [0.5, 0.6) is 5.88 Å². The number of ether oxygens (including phenoxy) is 1. The summed E-state index contributed by atoms with van der Waals surface area (Å²) in [6.07, 6.45) is 5.90. The summed E-state index contributed by atoms with van der Waals surface area (Å²) in [6, 6.07) is 1.43. The average molecular weight is 210 g/mol. The van der Waals surface area contributed by atoms with Gasteiger partial charge in [-0.3, -0.25) is 5.10 Å². The van der Waals surface area contributed by atoms with Gasteiger partial charge in [-0.25, -0.2) is 4.79 Å². The van der Waals surface area contributed by atoms with Crippen molar-refractivity contribution in [3.8, 4) is 5.88 Å². The molecule has 15 heavy (non-hydrogen) atoms. The maximum absolute atomic E-state index is 10.6. The van der Waals surface area contributed by atoms with E-state index >= 15 is 0 Å². The average Bonchev–Trinajstić information content (AvgIpc) is 2.68. The van der Waals surface area contributed by atoms with Gasteiger partial charge in [-0.2, -0.15) is 0 Å². The number of hydrogen-bond donors (Lipinski definition) is 2. The second-order valence-corrected chi connectivity index (χ2v) is 3.80. The smallest absolute Gasteiger partial charge is 0.354 e. The number of carboxylic acid groups (broad SMARTS) is 1. The summed E-state index contributed by atoms with van der Waals surface area (Å²) in [5.41, 5.74) is 0.0702. The Kier molecular flexibility index (Phi) is 2.89. The van der Waals surface area contributed by atoms with Crippen molar-refractivity contribution in [1.29, 1.82) is 0 Å². The first kappa shape index (κ1) is 10.0. The van der Waals surface area contributed by atoms with E-state index in [0.29, 0.717) is 5.88 Å². The molecule has 1 fully saturated rings. The number of rotatable bonds is 3. The second-order valence-electron chi connectivity index (χ2n) is 3.80. The summed E-state index contributed by atoms with van der Waals surface area (Å²) in [7, 11) is 0. The van der Waals surface area contributed by atoms with E-state index in [9.17, 15) is 4.79 Å². The minimum Gasteiger partial charge on any atom is -0.477 e. The fraction of sp³-hybridized carbons (Fsp3) is 0.600. The number of hydrogen-bond acceptors (Lipinski definition) is 3. The number of nitrogens with one attached hydrogen (secondary N) is 1. The van der Waals surface area contributed by atoms with Crippen molar-refractivity contribution in [2.75, 3.05) is 0 Å². The van der Waals surface area contributed by atoms with Crippen LogP contribution in [0, 0.1) is 0 Å². The molecule has 0 unspecified atom stereocenters. The molecular formula is C10H14N2O3. The molecule has 5 heteroatoms. The fourth-order valence-corrected chi connectivity index (χ4v) is 1.83. The van der Waals surface area contributed by atoms with E-state index in [1.807, 2.05) is 0 Å². The van der Waals surface area contributed by atoms with Gasteiger partial charge in [0.2, 0.25) is 5.88 Å². The highest BCUT2D eigenvalue weighted by atomic mass is 16.5. The van der Waals surface area contributed by atoms with E-state index in [-0.39, 0.29) is 11.8 Å². The SMILES string of the molecule is O=C(O)c1cc(OC2CCCCC2)n[nH]1. The van der Waals surface area contributed by atoms with Crippen molar-refractivity contribution in [3.63, 3.8) is 0 Å². The van der Waals surface area contributed by atoms with Gasteiger partial charge in [0, 0.05) is 6.07 Å². The summed E-state index contributed by atoms with van der Waals surface area (Å²) in [4.78, 5) is 10.6. The zero-order valence-electron chi connectivity index (χ0n) is 8.40. The first-order valence-corrected chi connectivity index (χ1v) is 5.21. The predicted molar refractivity (Wildman–Crippen MR) is 53.0 cm³/mol. The molecule has 82 valence electrons. The minimum atomic E-state index is -1.01. The number of carbonyl (C=O) groups is 1. The molecule has 0 atom stereocenters. The molecule has 5 nitrogen and oxygen atoms in total. The van der Waals surface area contributed by atoms with Crippen LogP contribution < -0.4 is 4.74 Å². The van der Waals surface area contributed by atoms with Crippen LogP contribution in [0.25, 0.3) is 0 Å². The number of aromatic nitrogens is 2. The van der Waals surface area contributed by atoms with Crippen molar-refractivity contribution in [3.05, 3.63) is 11.8 Å². The third kappa shape index (κ3) is 2.49. The lowest BCUT2D eigenvalue weighted by molar-refractivity contribution is 0.0690. The summed E-state index contributed by atoms with van der Waals surface area (Å²) < 4.78 is 5.58. The number of aromatic amines is 1. The van der Waals surface area contributed by atoms with Gasteiger partial charge >= 0.3 is 5.97 Å². The Morgan fingerprint density at radius 3 is 2.80 bits per heavy atom. The van der Waals surface area contributed by atoms with E-state index in [1.165, 1.54) is 25.3 Å². The molecule has 1 heterocycles. The maximum atomic E-state index is 10.6. The lowest BCUT2D eigenvalue weighted by atomic mass is 9.98. The third-order valence-corrected chi connectivity index (χ3v) is 2.62. The van der Waals surface area contributed by atoms with Crippen LogP contribution in [-0.4, -0.2) is 27.4 Å². The Bertz CT molecular complexity index is 342. The zero-order valence-corrected chi connectivity index (χ0v) is 8.40. The van der Waals surface area contributed by atoms with Crippen molar-refractivity contribution >= 4 is 5.97 Å². The highest BCUT2D eigenvalue weighted by Gasteiger charge is 2.17. The van der Waals surface area contributed by atoms with E-state index in [4.69, 9.17) is 9.84 Å². The zero-order chi connectivity index (χ0) is 10.7. The second kappa shape index (κ2) is 4.33. The van der Waals surface area contributed by atoms with Crippen LogP contribution in [0.2, 0.25) is 0 Å². The Labute approximate surface area is 87.4 Å². The summed E-state index contributed by atoms with van der Waals surface area (Å²) >= 11 is 0. The Morgan fingerprint density at radius 2 is 2.20 bits per heavy atom. The van der Waals surface area contributed by atoms with Gasteiger partial charge in [-0.15, -0.1) is 5.10 Å². The molecule has 1 aliphatic rings. The van der Waals surface area contributed by atoms with Crippen LogP contribution in [-0.2, 0) is 0 Å². The van der Waals surface area contributed by atoms with Gasteiger partial charge in [0.25, 0.3) is 0 Å². The molecule has 0 aromatic carbocycles. The van der Waals surface area contributed by atoms with Crippen LogP contribution in [0.1, 0.15) is 42.6 Å². The molecule has 0 aliphatic heterocycles. The quantitative estimate of drug-likeness (QED) is 0.797. The van der Waals surface area contributed by atoms with E-state index in [0.717, 1.165) is 12.8 Å². The molecule has 2 N–H and O–H groups in total. The predicted octanol–water partition coefficient (Wildman–Crippen LogP) is 1.82. The molecule has 1 aromatic rings. The Morgan fingerprint density at radius 1 is 1.47 bits per heavy atom. The minimum absolute atomic E-state index is 0.0702. The molecule has 0 bridgehead atoms. The maximum Gasteiger partial charge on any atom is 0.354 e. The summed E-state index contributed by atoms with van der Waals surface area (Å²) in [5, 5.41) is 14.9. The van der Waals surface area contributed by atoms with E-state index in [1.54, 1.807) is 0 Å². The molecule has 0 spiro atoms. The topological polar surface area (TPSA) is 75.2 Å². The molecule has 1 aromatic heterocycles. The molecule has 1 aliphatic carbocycles. The molecular weight excluding hydrogens is 196 g/mol. The summed E-state index contributed by atoms with van der Waals surface area (Å²) in [5.74, 6) is -0.625. The highest BCUT2D eigenvalue weighted by Crippen LogP contribution is 2.22. The molecule has 0 saturated heterocycles. The molecule has 0 radical (unpaired) electrons. The lowest BCUT2D eigenvalue weighted by Gasteiger charge is -2.21. The monoisotopic (exact) mass is 210 g/mol. The highest BCUT2D eigenvalue weighted by molar-refractivity contribution is 5.85. The van der Waals surface area contributed by atoms with Crippen LogP contribution >= 0.6 is 0 Å².